The van der Waals surface area contributed by atoms with Crippen LogP contribution in [-0.4, -0.2) is 16.5 Å². The molecule has 0 aliphatic carbocycles. The third-order valence-corrected chi connectivity index (χ3v) is 1.55. The van der Waals surface area contributed by atoms with Gasteiger partial charge in [0, 0.05) is 0 Å². The molecule has 0 amide bonds. The maximum Gasteiger partial charge on any atom is 0.186 e. The van der Waals surface area contributed by atoms with Crippen LogP contribution in [0.2, 0.25) is 0 Å². The summed E-state index contributed by atoms with van der Waals surface area (Å²) in [6.07, 6.45) is 4.35. The minimum atomic E-state index is -1.32. The first-order valence-corrected chi connectivity index (χ1v) is 3.98. The van der Waals surface area contributed by atoms with Gasteiger partial charge < -0.3 is 9.52 Å². The molecule has 0 fully saturated rings. The zero-order chi connectivity index (χ0) is 9.90. The number of hydrogen-bond donors (Lipinski definition) is 1. The van der Waals surface area contributed by atoms with E-state index in [1.807, 2.05) is 0 Å². The Kier molecular flexibility index (Phi) is 2.68. The molecular formula is C10H12O3. The maximum atomic E-state index is 11.2. The largest absolute Gasteiger partial charge is 0.465 e. The molecule has 70 valence electrons. The topological polar surface area (TPSA) is 50.4 Å². The molecule has 1 heterocycles. The van der Waals surface area contributed by atoms with Crippen LogP contribution in [0.4, 0.5) is 0 Å². The Balaban J connectivity index is 2.65. The van der Waals surface area contributed by atoms with Gasteiger partial charge in [-0.25, -0.2) is 0 Å². The zero-order valence-electron chi connectivity index (χ0n) is 7.65. The third-order valence-electron chi connectivity index (χ3n) is 1.55. The van der Waals surface area contributed by atoms with Crippen LogP contribution in [0.1, 0.15) is 19.6 Å². The predicted molar refractivity (Wildman–Crippen MR) is 49.0 cm³/mol. The molecule has 0 atom stereocenters. The Labute approximate surface area is 76.7 Å². The molecule has 1 N–H and O–H groups in total. The van der Waals surface area contributed by atoms with Crippen LogP contribution in [0.25, 0.3) is 6.08 Å². The van der Waals surface area contributed by atoms with Crippen molar-refractivity contribution in [2.45, 2.75) is 19.4 Å². The van der Waals surface area contributed by atoms with Crippen LogP contribution in [0, 0.1) is 0 Å². The quantitative estimate of drug-likeness (QED) is 0.719. The lowest BCUT2D eigenvalue weighted by atomic mass is 10.0. The number of furan rings is 1. The number of carbonyl (C=O) groups excluding carboxylic acids is 1. The number of ketones is 1. The summed E-state index contributed by atoms with van der Waals surface area (Å²) < 4.78 is 4.98. The van der Waals surface area contributed by atoms with Gasteiger partial charge in [0.15, 0.2) is 5.78 Å². The van der Waals surface area contributed by atoms with Crippen molar-refractivity contribution < 1.29 is 14.3 Å². The molecule has 3 heteroatoms. The van der Waals surface area contributed by atoms with Crippen LogP contribution in [0.3, 0.4) is 0 Å². The Hall–Kier alpha value is -1.35. The monoisotopic (exact) mass is 180 g/mol. The maximum absolute atomic E-state index is 11.2. The average molecular weight is 180 g/mol. The van der Waals surface area contributed by atoms with Crippen LogP contribution in [0.15, 0.2) is 28.9 Å². The first-order chi connectivity index (χ1) is 6.00. The van der Waals surface area contributed by atoms with Gasteiger partial charge in [0.05, 0.1) is 6.26 Å². The summed E-state index contributed by atoms with van der Waals surface area (Å²) in [5.41, 5.74) is -1.32. The Morgan fingerprint density at radius 1 is 1.62 bits per heavy atom. The van der Waals surface area contributed by atoms with E-state index >= 15 is 0 Å². The lowest BCUT2D eigenvalue weighted by Crippen LogP contribution is -2.29. The van der Waals surface area contributed by atoms with Crippen LogP contribution in [0.5, 0.6) is 0 Å². The van der Waals surface area contributed by atoms with Crippen molar-refractivity contribution in [3.05, 3.63) is 30.2 Å². The molecule has 0 saturated heterocycles. The van der Waals surface area contributed by atoms with Gasteiger partial charge >= 0.3 is 0 Å². The fourth-order valence-electron chi connectivity index (χ4n) is 0.748. The third kappa shape index (κ3) is 2.87. The average Bonchev–Trinajstić information content (AvgIpc) is 2.50. The smallest absolute Gasteiger partial charge is 0.186 e. The van der Waals surface area contributed by atoms with E-state index in [1.54, 1.807) is 12.1 Å². The van der Waals surface area contributed by atoms with Crippen molar-refractivity contribution in [1.82, 2.24) is 0 Å². The fraction of sp³-hybridized carbons (Fsp3) is 0.300. The summed E-state index contributed by atoms with van der Waals surface area (Å²) in [5, 5.41) is 9.28. The fourth-order valence-corrected chi connectivity index (χ4v) is 0.748. The summed E-state index contributed by atoms with van der Waals surface area (Å²) in [4.78, 5) is 11.2. The van der Waals surface area contributed by atoms with E-state index in [-0.39, 0.29) is 5.78 Å². The molecule has 0 aromatic carbocycles. The van der Waals surface area contributed by atoms with E-state index < -0.39 is 5.60 Å². The lowest BCUT2D eigenvalue weighted by molar-refractivity contribution is -0.128. The number of carbonyl (C=O) groups is 1. The normalized spacial score (nSPS) is 12.2. The molecule has 0 unspecified atom stereocenters. The number of aliphatic hydroxyl groups is 1. The van der Waals surface area contributed by atoms with Gasteiger partial charge in [-0.15, -0.1) is 0 Å². The van der Waals surface area contributed by atoms with Crippen molar-refractivity contribution in [3.8, 4) is 0 Å². The molecule has 0 radical (unpaired) electrons. The highest BCUT2D eigenvalue weighted by atomic mass is 16.3. The molecule has 3 nitrogen and oxygen atoms in total. The number of rotatable bonds is 3. The van der Waals surface area contributed by atoms with E-state index in [0.29, 0.717) is 5.76 Å². The second kappa shape index (κ2) is 3.58. The van der Waals surface area contributed by atoms with Gasteiger partial charge in [0.2, 0.25) is 0 Å². The summed E-state index contributed by atoms with van der Waals surface area (Å²) in [5.74, 6) is 0.251. The predicted octanol–water partition coefficient (Wildman–Crippen LogP) is 1.63. The molecule has 0 spiro atoms. The standard InChI is InChI=1S/C10H12O3/c1-10(2,12)9(11)6-5-8-4-3-7-13-8/h3-7,12H,1-2H3/b6-5+. The van der Waals surface area contributed by atoms with Crippen molar-refractivity contribution >= 4 is 11.9 Å². The Morgan fingerprint density at radius 2 is 2.31 bits per heavy atom. The van der Waals surface area contributed by atoms with Crippen LogP contribution >= 0.6 is 0 Å². The Bertz CT molecular complexity index is 301. The molecule has 1 aromatic heterocycles. The molecular weight excluding hydrogens is 168 g/mol. The SMILES string of the molecule is CC(C)(O)C(=O)/C=C/c1ccco1. The first-order valence-electron chi connectivity index (χ1n) is 3.98. The van der Waals surface area contributed by atoms with Gasteiger partial charge in [0.25, 0.3) is 0 Å². The second-order valence-electron chi connectivity index (χ2n) is 3.27. The highest BCUT2D eigenvalue weighted by Gasteiger charge is 2.20. The van der Waals surface area contributed by atoms with Crippen molar-refractivity contribution in [1.29, 1.82) is 0 Å². The van der Waals surface area contributed by atoms with Gasteiger partial charge in [0.1, 0.15) is 11.4 Å². The van der Waals surface area contributed by atoms with Crippen molar-refractivity contribution in [2.24, 2.45) is 0 Å². The van der Waals surface area contributed by atoms with E-state index in [1.165, 1.54) is 32.3 Å². The lowest BCUT2D eigenvalue weighted by Gasteiger charge is -2.11. The number of hydrogen-bond acceptors (Lipinski definition) is 3. The molecule has 1 rings (SSSR count). The van der Waals surface area contributed by atoms with Gasteiger partial charge in [-0.1, -0.05) is 0 Å². The van der Waals surface area contributed by atoms with Crippen LogP contribution in [-0.2, 0) is 4.79 Å². The second-order valence-corrected chi connectivity index (χ2v) is 3.27. The molecule has 13 heavy (non-hydrogen) atoms. The van der Waals surface area contributed by atoms with Gasteiger partial charge in [-0.3, -0.25) is 4.79 Å². The molecule has 1 aromatic rings. The highest BCUT2D eigenvalue weighted by Crippen LogP contribution is 2.07. The van der Waals surface area contributed by atoms with Crippen molar-refractivity contribution in [3.63, 3.8) is 0 Å². The molecule has 0 saturated carbocycles. The first kappa shape index (κ1) is 9.74. The summed E-state index contributed by atoms with van der Waals surface area (Å²) in [6, 6.07) is 3.46. The van der Waals surface area contributed by atoms with E-state index in [2.05, 4.69) is 0 Å². The van der Waals surface area contributed by atoms with E-state index in [0.717, 1.165) is 0 Å². The van der Waals surface area contributed by atoms with E-state index in [4.69, 9.17) is 4.42 Å². The zero-order valence-corrected chi connectivity index (χ0v) is 7.65. The van der Waals surface area contributed by atoms with Gasteiger partial charge in [-0.2, -0.15) is 0 Å². The minimum absolute atomic E-state index is 0.344. The summed E-state index contributed by atoms with van der Waals surface area (Å²) in [7, 11) is 0. The van der Waals surface area contributed by atoms with Gasteiger partial charge in [-0.05, 0) is 38.1 Å². The van der Waals surface area contributed by atoms with E-state index in [9.17, 15) is 9.90 Å². The molecule has 0 bridgehead atoms. The Morgan fingerprint density at radius 3 is 2.77 bits per heavy atom. The van der Waals surface area contributed by atoms with Crippen LogP contribution < -0.4 is 0 Å². The minimum Gasteiger partial charge on any atom is -0.465 e. The summed E-state index contributed by atoms with van der Waals surface area (Å²) in [6.45, 7) is 2.89. The summed E-state index contributed by atoms with van der Waals surface area (Å²) >= 11 is 0. The molecule has 0 aliphatic rings. The highest BCUT2D eigenvalue weighted by molar-refractivity contribution is 5.98. The van der Waals surface area contributed by atoms with Crippen molar-refractivity contribution in [2.75, 3.05) is 0 Å². The molecule has 0 aliphatic heterocycles.